The molecule has 0 aromatic carbocycles. The van der Waals surface area contributed by atoms with Gasteiger partial charge in [0.15, 0.2) is 0 Å². The number of anilines is 2. The molecule has 4 rings (SSSR count). The number of ether oxygens (including phenoxy) is 1. The predicted octanol–water partition coefficient (Wildman–Crippen LogP) is 2.80. The minimum absolute atomic E-state index is 0.0916. The third kappa shape index (κ3) is 6.33. The number of aromatic amines is 1. The molecule has 1 N–H and O–H groups in total. The van der Waals surface area contributed by atoms with Crippen molar-refractivity contribution in [2.75, 3.05) is 49.1 Å². The van der Waals surface area contributed by atoms with E-state index in [2.05, 4.69) is 15.0 Å². The van der Waals surface area contributed by atoms with E-state index >= 15 is 0 Å². The Labute approximate surface area is 224 Å². The van der Waals surface area contributed by atoms with E-state index in [4.69, 9.17) is 10.00 Å². The standard InChI is InChI=1S/C26H32F3N7O3/c1-3-19(36(4-2)21-15-32-33-24(37)23(21)26(27,28)29)16-39-20-11-18(12-20)25(38)35-9-7-34(8-10-35)22-6-5-17(13-30)14-31-22/h5-6,14-15,18-20H,3-4,7-12,16H2,1-2H3,(H,33,37)/t18?,19-,20?/m0/s1. The lowest BCUT2D eigenvalue weighted by Gasteiger charge is -2.42. The Morgan fingerprint density at radius 3 is 2.51 bits per heavy atom. The first-order valence-corrected chi connectivity index (χ1v) is 13.1. The number of nitrogens with zero attached hydrogens (tertiary/aromatic N) is 6. The van der Waals surface area contributed by atoms with E-state index in [0.29, 0.717) is 51.0 Å². The molecule has 39 heavy (non-hydrogen) atoms. The lowest BCUT2D eigenvalue weighted by molar-refractivity contribution is -0.145. The Kier molecular flexibility index (Phi) is 8.74. The summed E-state index contributed by atoms with van der Waals surface area (Å²) < 4.78 is 46.8. The fourth-order valence-electron chi connectivity index (χ4n) is 5.14. The minimum Gasteiger partial charge on any atom is -0.376 e. The number of pyridine rings is 1. The van der Waals surface area contributed by atoms with E-state index in [1.165, 1.54) is 11.1 Å². The van der Waals surface area contributed by atoms with Crippen LogP contribution in [0.4, 0.5) is 24.7 Å². The van der Waals surface area contributed by atoms with E-state index in [1.54, 1.807) is 13.0 Å². The number of carbonyl (C=O) groups is 1. The average Bonchev–Trinajstić information content (AvgIpc) is 2.90. The number of nitriles is 1. The number of H-pyrrole nitrogens is 1. The van der Waals surface area contributed by atoms with Crippen LogP contribution in [0.25, 0.3) is 0 Å². The van der Waals surface area contributed by atoms with Gasteiger partial charge >= 0.3 is 6.18 Å². The lowest BCUT2D eigenvalue weighted by Crippen LogP contribution is -2.53. The van der Waals surface area contributed by atoms with E-state index in [-0.39, 0.29) is 36.8 Å². The number of alkyl halides is 3. The third-order valence-corrected chi connectivity index (χ3v) is 7.44. The van der Waals surface area contributed by atoms with E-state index < -0.39 is 23.3 Å². The van der Waals surface area contributed by atoms with Crippen molar-refractivity contribution in [3.05, 3.63) is 46.0 Å². The molecular weight excluding hydrogens is 515 g/mol. The van der Waals surface area contributed by atoms with Crippen molar-refractivity contribution in [2.45, 2.75) is 51.4 Å². The number of carbonyl (C=O) groups excluding carboxylic acids is 1. The van der Waals surface area contributed by atoms with E-state index in [0.717, 1.165) is 12.0 Å². The molecule has 1 atom stereocenters. The van der Waals surface area contributed by atoms with Crippen LogP contribution in [0.2, 0.25) is 0 Å². The molecule has 2 aromatic heterocycles. The number of hydrogen-bond donors (Lipinski definition) is 1. The van der Waals surface area contributed by atoms with Gasteiger partial charge in [-0.3, -0.25) is 9.59 Å². The van der Waals surface area contributed by atoms with E-state index in [1.807, 2.05) is 29.1 Å². The summed E-state index contributed by atoms with van der Waals surface area (Å²) in [6.07, 6.45) is -0.745. The average molecular weight is 548 g/mol. The number of hydrogen-bond acceptors (Lipinski definition) is 8. The first-order chi connectivity index (χ1) is 18.7. The van der Waals surface area contributed by atoms with E-state index in [9.17, 15) is 22.8 Å². The molecule has 3 heterocycles. The number of amides is 1. The van der Waals surface area contributed by atoms with Crippen molar-refractivity contribution >= 4 is 17.4 Å². The Morgan fingerprint density at radius 1 is 1.23 bits per heavy atom. The van der Waals surface area contributed by atoms with Crippen LogP contribution in [0, 0.1) is 17.2 Å². The quantitative estimate of drug-likeness (QED) is 0.509. The van der Waals surface area contributed by atoms with Gasteiger partial charge in [0.05, 0.1) is 36.2 Å². The highest BCUT2D eigenvalue weighted by Gasteiger charge is 2.41. The van der Waals surface area contributed by atoms with Gasteiger partial charge in [0.25, 0.3) is 5.56 Å². The maximum atomic E-state index is 13.6. The van der Waals surface area contributed by atoms with Gasteiger partial charge < -0.3 is 19.4 Å². The molecule has 2 aliphatic rings. The number of halogens is 3. The Balaban J connectivity index is 1.27. The summed E-state index contributed by atoms with van der Waals surface area (Å²) in [6, 6.07) is 5.19. The number of aromatic nitrogens is 3. The molecule has 1 aliphatic heterocycles. The van der Waals surface area contributed by atoms with Crippen molar-refractivity contribution in [3.63, 3.8) is 0 Å². The minimum atomic E-state index is -4.82. The summed E-state index contributed by atoms with van der Waals surface area (Å²) in [6.45, 7) is 6.46. The molecule has 210 valence electrons. The fourth-order valence-corrected chi connectivity index (χ4v) is 5.14. The van der Waals surface area contributed by atoms with Crippen molar-refractivity contribution in [3.8, 4) is 6.07 Å². The second-order valence-corrected chi connectivity index (χ2v) is 9.76. The van der Waals surface area contributed by atoms with Crippen molar-refractivity contribution in [1.82, 2.24) is 20.1 Å². The highest BCUT2D eigenvalue weighted by Crippen LogP contribution is 2.36. The summed E-state index contributed by atoms with van der Waals surface area (Å²) >= 11 is 0. The number of nitrogens with one attached hydrogen (secondary N) is 1. The Hall–Kier alpha value is -3.66. The summed E-state index contributed by atoms with van der Waals surface area (Å²) in [7, 11) is 0. The molecule has 2 aromatic rings. The zero-order valence-electron chi connectivity index (χ0n) is 21.9. The molecular formula is C26H32F3N7O3. The predicted molar refractivity (Wildman–Crippen MR) is 137 cm³/mol. The third-order valence-electron chi connectivity index (χ3n) is 7.44. The van der Waals surface area contributed by atoms with Gasteiger partial charge in [0.2, 0.25) is 5.91 Å². The molecule has 0 bridgehead atoms. The number of piperazine rings is 1. The molecule has 0 radical (unpaired) electrons. The highest BCUT2D eigenvalue weighted by atomic mass is 19.4. The molecule has 2 fully saturated rings. The highest BCUT2D eigenvalue weighted by molar-refractivity contribution is 5.80. The van der Waals surface area contributed by atoms with Crippen molar-refractivity contribution < 1.29 is 22.7 Å². The summed E-state index contributed by atoms with van der Waals surface area (Å²) in [4.78, 5) is 34.7. The fraction of sp³-hybridized carbons (Fsp3) is 0.577. The zero-order chi connectivity index (χ0) is 28.2. The van der Waals surface area contributed by atoms with Gasteiger partial charge in [-0.1, -0.05) is 6.92 Å². The van der Waals surface area contributed by atoms with Gasteiger partial charge in [-0.2, -0.15) is 23.5 Å². The second-order valence-electron chi connectivity index (χ2n) is 9.76. The first-order valence-electron chi connectivity index (χ1n) is 13.1. The maximum Gasteiger partial charge on any atom is 0.423 e. The lowest BCUT2D eigenvalue weighted by atomic mass is 9.81. The SMILES string of the molecule is CC[C@@H](COC1CC(C(=O)N2CCN(c3ccc(C#N)cn3)CC2)C1)N(CC)c1cn[nH]c(=O)c1C(F)(F)F. The molecule has 10 nitrogen and oxygen atoms in total. The smallest absolute Gasteiger partial charge is 0.376 e. The number of likely N-dealkylation sites (N-methyl/N-ethyl adjacent to an activating group) is 1. The second kappa shape index (κ2) is 12.0. The van der Waals surface area contributed by atoms with Crippen LogP contribution in [0.5, 0.6) is 0 Å². The molecule has 13 heteroatoms. The Morgan fingerprint density at radius 2 is 1.95 bits per heavy atom. The van der Waals surface area contributed by atoms with Gasteiger partial charge in [-0.05, 0) is 38.3 Å². The largest absolute Gasteiger partial charge is 0.423 e. The summed E-state index contributed by atoms with van der Waals surface area (Å²) in [5.74, 6) is 0.739. The van der Waals surface area contributed by atoms with Crippen LogP contribution < -0.4 is 15.4 Å². The zero-order valence-corrected chi connectivity index (χ0v) is 21.9. The monoisotopic (exact) mass is 547 g/mol. The summed E-state index contributed by atoms with van der Waals surface area (Å²) in [5, 5.41) is 14.4. The van der Waals surface area contributed by atoms with Gasteiger partial charge in [-0.15, -0.1) is 0 Å². The van der Waals surface area contributed by atoms with Crippen LogP contribution >= 0.6 is 0 Å². The normalized spacial score (nSPS) is 20.2. The molecule has 1 saturated carbocycles. The molecule has 1 amide bonds. The van der Waals surface area contributed by atoms with Crippen LogP contribution in [0.3, 0.4) is 0 Å². The van der Waals surface area contributed by atoms with Crippen LogP contribution in [0.15, 0.2) is 29.3 Å². The van der Waals surface area contributed by atoms with Gasteiger partial charge in [0, 0.05) is 44.8 Å². The molecule has 0 unspecified atom stereocenters. The molecule has 1 aliphatic carbocycles. The topological polar surface area (TPSA) is 118 Å². The first kappa shape index (κ1) is 28.4. The van der Waals surface area contributed by atoms with Gasteiger partial charge in [-0.25, -0.2) is 10.1 Å². The molecule has 1 saturated heterocycles. The maximum absolute atomic E-state index is 13.6. The molecule has 0 spiro atoms. The van der Waals surface area contributed by atoms with Crippen molar-refractivity contribution in [2.24, 2.45) is 5.92 Å². The summed E-state index contributed by atoms with van der Waals surface area (Å²) in [5.41, 5.74) is -2.30. The van der Waals surface area contributed by atoms with Crippen LogP contribution in [-0.2, 0) is 15.7 Å². The van der Waals surface area contributed by atoms with Gasteiger partial charge in [0.1, 0.15) is 17.5 Å². The van der Waals surface area contributed by atoms with Crippen molar-refractivity contribution in [1.29, 1.82) is 5.26 Å². The number of rotatable bonds is 9. The van der Waals surface area contributed by atoms with Crippen LogP contribution in [-0.4, -0.2) is 77.5 Å². The van der Waals surface area contributed by atoms with Crippen LogP contribution in [0.1, 0.15) is 44.2 Å². The Bertz CT molecular complexity index is 1230.